The zero-order chi connectivity index (χ0) is 9.14. The van der Waals surface area contributed by atoms with Gasteiger partial charge in [0.05, 0.1) is 5.03 Å². The Morgan fingerprint density at radius 3 is 2.75 bits per heavy atom. The Balaban J connectivity index is 2.68. The van der Waals surface area contributed by atoms with Gasteiger partial charge >= 0.3 is 0 Å². The van der Waals surface area contributed by atoms with E-state index in [1.54, 1.807) is 16.7 Å². The SMILES string of the molecule is C=C(C)CCn1c(O)ccc1S. The first-order valence-electron chi connectivity index (χ1n) is 3.83. The van der Waals surface area contributed by atoms with Gasteiger partial charge in [0.25, 0.3) is 0 Å². The lowest BCUT2D eigenvalue weighted by atomic mass is 10.2. The second-order valence-electron chi connectivity index (χ2n) is 2.91. The molecule has 0 aliphatic carbocycles. The molecule has 0 unspecified atom stereocenters. The van der Waals surface area contributed by atoms with Gasteiger partial charge in [-0.15, -0.1) is 19.2 Å². The number of hydrogen-bond acceptors (Lipinski definition) is 2. The monoisotopic (exact) mass is 183 g/mol. The first kappa shape index (κ1) is 9.26. The average Bonchev–Trinajstić information content (AvgIpc) is 2.28. The van der Waals surface area contributed by atoms with Crippen LogP contribution in [0, 0.1) is 0 Å². The number of hydrogen-bond donors (Lipinski definition) is 2. The molecule has 0 aliphatic rings. The van der Waals surface area contributed by atoms with Crippen LogP contribution in [-0.2, 0) is 6.54 Å². The van der Waals surface area contributed by atoms with Crippen molar-refractivity contribution >= 4 is 12.6 Å². The van der Waals surface area contributed by atoms with Crippen LogP contribution in [0.5, 0.6) is 5.88 Å². The minimum Gasteiger partial charge on any atom is -0.494 e. The molecule has 1 aromatic heterocycles. The Kier molecular flexibility index (Phi) is 2.87. The number of allylic oxidation sites excluding steroid dienone is 1. The second-order valence-corrected chi connectivity index (χ2v) is 3.37. The fraction of sp³-hybridized carbons (Fsp3) is 0.333. The van der Waals surface area contributed by atoms with Crippen molar-refractivity contribution in [1.82, 2.24) is 4.57 Å². The molecule has 3 heteroatoms. The van der Waals surface area contributed by atoms with Crippen LogP contribution in [0.1, 0.15) is 13.3 Å². The molecule has 0 fully saturated rings. The van der Waals surface area contributed by atoms with Crippen LogP contribution in [0.2, 0.25) is 0 Å². The zero-order valence-electron chi connectivity index (χ0n) is 7.12. The second kappa shape index (κ2) is 3.72. The lowest BCUT2D eigenvalue weighted by molar-refractivity contribution is 0.407. The van der Waals surface area contributed by atoms with Gasteiger partial charge in [-0.05, 0) is 19.4 Å². The highest BCUT2D eigenvalue weighted by Gasteiger charge is 2.02. The summed E-state index contributed by atoms with van der Waals surface area (Å²) >= 11 is 4.19. The number of rotatable bonds is 3. The molecular weight excluding hydrogens is 170 g/mol. The van der Waals surface area contributed by atoms with Crippen molar-refractivity contribution in [3.63, 3.8) is 0 Å². The molecule has 0 atom stereocenters. The third-order valence-electron chi connectivity index (χ3n) is 1.70. The fourth-order valence-electron chi connectivity index (χ4n) is 0.978. The van der Waals surface area contributed by atoms with E-state index < -0.39 is 0 Å². The minimum absolute atomic E-state index is 0.265. The molecule has 0 amide bonds. The summed E-state index contributed by atoms with van der Waals surface area (Å²) in [5.41, 5.74) is 1.11. The molecule has 0 saturated carbocycles. The number of nitrogens with zero attached hydrogens (tertiary/aromatic N) is 1. The summed E-state index contributed by atoms with van der Waals surface area (Å²) in [6.07, 6.45) is 0.871. The van der Waals surface area contributed by atoms with E-state index in [0.717, 1.165) is 23.6 Å². The molecule has 0 bridgehead atoms. The van der Waals surface area contributed by atoms with Gasteiger partial charge in [-0.25, -0.2) is 0 Å². The molecule has 2 nitrogen and oxygen atoms in total. The third kappa shape index (κ3) is 2.08. The largest absolute Gasteiger partial charge is 0.494 e. The van der Waals surface area contributed by atoms with Crippen LogP contribution >= 0.6 is 12.6 Å². The molecule has 1 N–H and O–H groups in total. The molecule has 1 heterocycles. The molecule has 1 aromatic rings. The van der Waals surface area contributed by atoms with Crippen LogP contribution in [0.4, 0.5) is 0 Å². The van der Waals surface area contributed by atoms with Gasteiger partial charge in [-0.1, -0.05) is 5.57 Å². The van der Waals surface area contributed by atoms with Crippen molar-refractivity contribution < 1.29 is 5.11 Å². The number of aromatic nitrogens is 1. The quantitative estimate of drug-likeness (QED) is 0.546. The topological polar surface area (TPSA) is 25.2 Å². The van der Waals surface area contributed by atoms with E-state index in [4.69, 9.17) is 0 Å². The van der Waals surface area contributed by atoms with E-state index >= 15 is 0 Å². The summed E-state index contributed by atoms with van der Waals surface area (Å²) < 4.78 is 1.75. The van der Waals surface area contributed by atoms with Crippen molar-refractivity contribution in [3.8, 4) is 5.88 Å². The van der Waals surface area contributed by atoms with Crippen molar-refractivity contribution in [2.45, 2.75) is 24.9 Å². The van der Waals surface area contributed by atoms with Gasteiger partial charge < -0.3 is 9.67 Å². The maximum Gasteiger partial charge on any atom is 0.191 e. The van der Waals surface area contributed by atoms with Gasteiger partial charge in [0.1, 0.15) is 0 Å². The molecule has 0 radical (unpaired) electrons. The molecule has 0 aromatic carbocycles. The molecule has 66 valence electrons. The summed E-state index contributed by atoms with van der Waals surface area (Å²) in [5, 5.41) is 10.1. The van der Waals surface area contributed by atoms with Crippen LogP contribution < -0.4 is 0 Å². The van der Waals surface area contributed by atoms with E-state index in [-0.39, 0.29) is 5.88 Å². The van der Waals surface area contributed by atoms with E-state index in [1.807, 2.05) is 6.92 Å². The van der Waals surface area contributed by atoms with Crippen LogP contribution in [-0.4, -0.2) is 9.67 Å². The predicted octanol–water partition coefficient (Wildman–Crippen LogP) is 2.45. The van der Waals surface area contributed by atoms with Crippen molar-refractivity contribution in [1.29, 1.82) is 0 Å². The van der Waals surface area contributed by atoms with E-state index in [2.05, 4.69) is 19.2 Å². The van der Waals surface area contributed by atoms with E-state index in [9.17, 15) is 5.11 Å². The Morgan fingerprint density at radius 2 is 2.33 bits per heavy atom. The lowest BCUT2D eigenvalue weighted by Gasteiger charge is -2.06. The Hall–Kier alpha value is -0.830. The van der Waals surface area contributed by atoms with Crippen LogP contribution in [0.3, 0.4) is 0 Å². The molecule has 0 saturated heterocycles. The maximum absolute atomic E-state index is 9.33. The highest BCUT2D eigenvalue weighted by atomic mass is 32.1. The van der Waals surface area contributed by atoms with Gasteiger partial charge in [0.2, 0.25) is 0 Å². The third-order valence-corrected chi connectivity index (χ3v) is 2.09. The van der Waals surface area contributed by atoms with Crippen LogP contribution in [0.15, 0.2) is 29.3 Å². The van der Waals surface area contributed by atoms with Gasteiger partial charge in [-0.3, -0.25) is 0 Å². The van der Waals surface area contributed by atoms with Crippen molar-refractivity contribution in [3.05, 3.63) is 24.3 Å². The maximum atomic E-state index is 9.33. The highest BCUT2D eigenvalue weighted by Crippen LogP contribution is 2.19. The zero-order valence-corrected chi connectivity index (χ0v) is 8.01. The summed E-state index contributed by atoms with van der Waals surface area (Å²) in [4.78, 5) is 0. The Labute approximate surface area is 77.9 Å². The Bertz CT molecular complexity index is 271. The minimum atomic E-state index is 0.265. The molecular formula is C9H13NOS. The summed E-state index contributed by atoms with van der Waals surface area (Å²) in [6, 6.07) is 3.41. The summed E-state index contributed by atoms with van der Waals surface area (Å²) in [7, 11) is 0. The van der Waals surface area contributed by atoms with Gasteiger partial charge in [0, 0.05) is 12.6 Å². The van der Waals surface area contributed by atoms with Crippen LogP contribution in [0.25, 0.3) is 0 Å². The highest BCUT2D eigenvalue weighted by molar-refractivity contribution is 7.80. The average molecular weight is 183 g/mol. The predicted molar refractivity (Wildman–Crippen MR) is 52.8 cm³/mol. The van der Waals surface area contributed by atoms with Gasteiger partial charge in [-0.2, -0.15) is 0 Å². The van der Waals surface area contributed by atoms with E-state index in [0.29, 0.717) is 0 Å². The first-order valence-corrected chi connectivity index (χ1v) is 4.28. The Morgan fingerprint density at radius 1 is 1.67 bits per heavy atom. The standard InChI is InChI=1S/C9H13NOS/c1-7(2)5-6-10-8(11)3-4-9(10)12/h3-4,11-12H,1,5-6H2,2H3. The van der Waals surface area contributed by atoms with Crippen molar-refractivity contribution in [2.24, 2.45) is 0 Å². The van der Waals surface area contributed by atoms with Gasteiger partial charge in [0.15, 0.2) is 5.88 Å². The molecule has 0 spiro atoms. The van der Waals surface area contributed by atoms with E-state index in [1.165, 1.54) is 0 Å². The number of thiol groups is 1. The summed E-state index contributed by atoms with van der Waals surface area (Å²) in [5.74, 6) is 0.265. The smallest absolute Gasteiger partial charge is 0.191 e. The molecule has 1 rings (SSSR count). The normalized spacial score (nSPS) is 10.2. The summed E-state index contributed by atoms with van der Waals surface area (Å²) in [6.45, 7) is 6.51. The first-order chi connectivity index (χ1) is 5.61. The van der Waals surface area contributed by atoms with Crippen molar-refractivity contribution in [2.75, 3.05) is 0 Å². The fourth-order valence-corrected chi connectivity index (χ4v) is 1.26. The molecule has 0 aliphatic heterocycles. The molecule has 12 heavy (non-hydrogen) atoms. The number of aromatic hydroxyl groups is 1. The lowest BCUT2D eigenvalue weighted by Crippen LogP contribution is -1.97.